The molecule has 0 aliphatic heterocycles. The summed E-state index contributed by atoms with van der Waals surface area (Å²) in [5, 5.41) is 5.22. The summed E-state index contributed by atoms with van der Waals surface area (Å²) in [6.07, 6.45) is 8.21. The van der Waals surface area contributed by atoms with Gasteiger partial charge in [0.05, 0.1) is 16.8 Å². The predicted molar refractivity (Wildman–Crippen MR) is 114 cm³/mol. The zero-order chi connectivity index (χ0) is 19.3. The molecule has 1 aliphatic rings. The number of para-hydroxylation sites is 1. The van der Waals surface area contributed by atoms with Crippen molar-refractivity contribution in [1.82, 2.24) is 10.4 Å². The Labute approximate surface area is 165 Å². The van der Waals surface area contributed by atoms with Gasteiger partial charge in [0.1, 0.15) is 0 Å². The Hall–Kier alpha value is -3.01. The van der Waals surface area contributed by atoms with Gasteiger partial charge in [-0.15, -0.1) is 0 Å². The van der Waals surface area contributed by atoms with Crippen LogP contribution >= 0.6 is 0 Å². The average Bonchev–Trinajstić information content (AvgIpc) is 2.77. The SMILES string of the molecule is C/C(=N\NC(=O)c1cnc2ccccc2c1)c1ccc(C2CCCCC2)cc1. The molecule has 0 spiro atoms. The second-order valence-electron chi connectivity index (χ2n) is 7.51. The first-order valence-electron chi connectivity index (χ1n) is 10.0. The standard InChI is InChI=1S/C24H25N3O/c1-17(18-11-13-20(14-12-18)19-7-3-2-4-8-19)26-27-24(28)22-15-21-9-5-6-10-23(21)25-16-22/h5-6,9-16,19H,2-4,7-8H2,1H3,(H,27,28)/b26-17+. The summed E-state index contributed by atoms with van der Waals surface area (Å²) in [6, 6.07) is 18.2. The van der Waals surface area contributed by atoms with Gasteiger partial charge in [-0.3, -0.25) is 9.78 Å². The summed E-state index contributed by atoms with van der Waals surface area (Å²) in [5.41, 5.74) is 7.26. The fourth-order valence-electron chi connectivity index (χ4n) is 3.89. The summed E-state index contributed by atoms with van der Waals surface area (Å²) in [7, 11) is 0. The molecule has 4 rings (SSSR count). The van der Waals surface area contributed by atoms with E-state index in [4.69, 9.17) is 0 Å². The molecular weight excluding hydrogens is 346 g/mol. The van der Waals surface area contributed by atoms with E-state index in [0.29, 0.717) is 11.5 Å². The van der Waals surface area contributed by atoms with Crippen LogP contribution in [0, 0.1) is 0 Å². The first kappa shape index (κ1) is 18.4. The Morgan fingerprint density at radius 3 is 2.54 bits per heavy atom. The van der Waals surface area contributed by atoms with Crippen molar-refractivity contribution >= 4 is 22.5 Å². The number of hydrogen-bond acceptors (Lipinski definition) is 3. The largest absolute Gasteiger partial charge is 0.272 e. The molecule has 1 heterocycles. The molecular formula is C24H25N3O. The van der Waals surface area contributed by atoms with Crippen LogP contribution in [0.5, 0.6) is 0 Å². The molecule has 1 fully saturated rings. The van der Waals surface area contributed by atoms with Crippen LogP contribution in [0.1, 0.15) is 66.4 Å². The molecule has 142 valence electrons. The summed E-state index contributed by atoms with van der Waals surface area (Å²) >= 11 is 0. The van der Waals surface area contributed by atoms with Crippen molar-refractivity contribution in [1.29, 1.82) is 0 Å². The molecule has 0 unspecified atom stereocenters. The smallest absolute Gasteiger partial charge is 0.267 e. The number of fused-ring (bicyclic) bond motifs is 1. The molecule has 1 aromatic heterocycles. The van der Waals surface area contributed by atoms with E-state index in [1.165, 1.54) is 37.7 Å². The summed E-state index contributed by atoms with van der Waals surface area (Å²) < 4.78 is 0. The van der Waals surface area contributed by atoms with E-state index >= 15 is 0 Å². The Bertz CT molecular complexity index is 1000. The normalized spacial score (nSPS) is 15.5. The van der Waals surface area contributed by atoms with Crippen LogP contribution in [0.15, 0.2) is 65.9 Å². The van der Waals surface area contributed by atoms with Crippen LogP contribution in [-0.2, 0) is 0 Å². The summed E-state index contributed by atoms with van der Waals surface area (Å²) in [6.45, 7) is 1.91. The lowest BCUT2D eigenvalue weighted by molar-refractivity contribution is 0.0954. The first-order valence-corrected chi connectivity index (χ1v) is 10.0. The van der Waals surface area contributed by atoms with Gasteiger partial charge in [0.15, 0.2) is 0 Å². The number of amides is 1. The van der Waals surface area contributed by atoms with E-state index < -0.39 is 0 Å². The molecule has 0 radical (unpaired) electrons. The first-order chi connectivity index (χ1) is 13.7. The van der Waals surface area contributed by atoms with Crippen molar-refractivity contribution in [2.24, 2.45) is 5.10 Å². The molecule has 1 amide bonds. The summed E-state index contributed by atoms with van der Waals surface area (Å²) in [4.78, 5) is 16.8. The number of nitrogens with zero attached hydrogens (tertiary/aromatic N) is 2. The van der Waals surface area contributed by atoms with Gasteiger partial charge in [-0.2, -0.15) is 5.10 Å². The Morgan fingerprint density at radius 2 is 1.75 bits per heavy atom. The highest BCUT2D eigenvalue weighted by molar-refractivity contribution is 6.01. The molecule has 0 saturated heterocycles. The number of hydrazone groups is 1. The monoisotopic (exact) mass is 371 g/mol. The van der Waals surface area contributed by atoms with E-state index in [1.54, 1.807) is 6.20 Å². The van der Waals surface area contributed by atoms with Crippen LogP contribution in [0.2, 0.25) is 0 Å². The molecule has 2 aromatic carbocycles. The van der Waals surface area contributed by atoms with E-state index in [0.717, 1.165) is 22.2 Å². The maximum atomic E-state index is 12.4. The molecule has 1 aliphatic carbocycles. The molecule has 28 heavy (non-hydrogen) atoms. The lowest BCUT2D eigenvalue weighted by atomic mass is 9.84. The quantitative estimate of drug-likeness (QED) is 0.491. The van der Waals surface area contributed by atoms with Crippen LogP contribution in [0.25, 0.3) is 10.9 Å². The van der Waals surface area contributed by atoms with Gasteiger partial charge in [0.2, 0.25) is 0 Å². The minimum atomic E-state index is -0.253. The zero-order valence-corrected chi connectivity index (χ0v) is 16.2. The molecule has 3 aromatic rings. The maximum absolute atomic E-state index is 12.4. The van der Waals surface area contributed by atoms with E-state index in [2.05, 4.69) is 39.8 Å². The lowest BCUT2D eigenvalue weighted by Crippen LogP contribution is -2.19. The van der Waals surface area contributed by atoms with Gasteiger partial charge in [-0.05, 0) is 48.9 Å². The third kappa shape index (κ3) is 4.11. The number of pyridine rings is 1. The molecule has 0 atom stereocenters. The van der Waals surface area contributed by atoms with Gasteiger partial charge in [-0.25, -0.2) is 5.43 Å². The minimum absolute atomic E-state index is 0.253. The van der Waals surface area contributed by atoms with Gasteiger partial charge in [-0.1, -0.05) is 61.7 Å². The van der Waals surface area contributed by atoms with Crippen LogP contribution < -0.4 is 5.43 Å². The molecule has 4 nitrogen and oxygen atoms in total. The van der Waals surface area contributed by atoms with Gasteiger partial charge in [0, 0.05) is 11.6 Å². The van der Waals surface area contributed by atoms with Crippen LogP contribution in [0.3, 0.4) is 0 Å². The number of carbonyl (C=O) groups excluding carboxylic acids is 1. The second kappa shape index (κ2) is 8.34. The minimum Gasteiger partial charge on any atom is -0.267 e. The van der Waals surface area contributed by atoms with Crippen molar-refractivity contribution in [3.05, 3.63) is 77.5 Å². The van der Waals surface area contributed by atoms with E-state index in [1.807, 2.05) is 37.3 Å². The average molecular weight is 371 g/mol. The van der Waals surface area contributed by atoms with Gasteiger partial charge in [0.25, 0.3) is 5.91 Å². The van der Waals surface area contributed by atoms with Gasteiger partial charge >= 0.3 is 0 Å². The van der Waals surface area contributed by atoms with Crippen LogP contribution in [-0.4, -0.2) is 16.6 Å². The third-order valence-corrected chi connectivity index (χ3v) is 5.58. The predicted octanol–water partition coefficient (Wildman–Crippen LogP) is 5.44. The topological polar surface area (TPSA) is 54.4 Å². The van der Waals surface area contributed by atoms with E-state index in [9.17, 15) is 4.79 Å². The number of rotatable bonds is 4. The Kier molecular flexibility index (Phi) is 5.47. The van der Waals surface area contributed by atoms with Crippen molar-refractivity contribution in [2.45, 2.75) is 44.9 Å². The zero-order valence-electron chi connectivity index (χ0n) is 16.2. The van der Waals surface area contributed by atoms with Crippen molar-refractivity contribution in [2.75, 3.05) is 0 Å². The number of benzene rings is 2. The fraction of sp³-hybridized carbons (Fsp3) is 0.292. The third-order valence-electron chi connectivity index (χ3n) is 5.58. The lowest BCUT2D eigenvalue weighted by Gasteiger charge is -2.22. The van der Waals surface area contributed by atoms with Crippen molar-refractivity contribution < 1.29 is 4.79 Å². The Balaban J connectivity index is 1.43. The van der Waals surface area contributed by atoms with Gasteiger partial charge < -0.3 is 0 Å². The molecule has 1 N–H and O–H groups in total. The number of hydrogen-bond donors (Lipinski definition) is 1. The fourth-order valence-corrected chi connectivity index (χ4v) is 3.89. The number of nitrogens with one attached hydrogen (secondary N) is 1. The maximum Gasteiger partial charge on any atom is 0.272 e. The van der Waals surface area contributed by atoms with Crippen LogP contribution in [0.4, 0.5) is 0 Å². The highest BCUT2D eigenvalue weighted by Gasteiger charge is 2.15. The number of carbonyl (C=O) groups is 1. The Morgan fingerprint density at radius 1 is 1.00 bits per heavy atom. The van der Waals surface area contributed by atoms with E-state index in [-0.39, 0.29) is 5.91 Å². The molecule has 4 heteroatoms. The second-order valence-corrected chi connectivity index (χ2v) is 7.51. The molecule has 0 bridgehead atoms. The highest BCUT2D eigenvalue weighted by Crippen LogP contribution is 2.32. The van der Waals surface area contributed by atoms with Crippen molar-refractivity contribution in [3.8, 4) is 0 Å². The van der Waals surface area contributed by atoms with Crippen molar-refractivity contribution in [3.63, 3.8) is 0 Å². The molecule has 1 saturated carbocycles. The summed E-state index contributed by atoms with van der Waals surface area (Å²) in [5.74, 6) is 0.441. The highest BCUT2D eigenvalue weighted by atomic mass is 16.2. The number of aromatic nitrogens is 1.